The van der Waals surface area contributed by atoms with E-state index < -0.39 is 47.7 Å². The highest BCUT2D eigenvalue weighted by Gasteiger charge is 2.30. The van der Waals surface area contributed by atoms with Crippen molar-refractivity contribution < 1.29 is 42.0 Å². The molecule has 198 valence electrons. The monoisotopic (exact) mass is 551 g/mol. The molecule has 0 aromatic heterocycles. The molecule has 0 unspecified atom stereocenters. The summed E-state index contributed by atoms with van der Waals surface area (Å²) < 4.78 is 48.5. The number of halogens is 4. The first-order chi connectivity index (χ1) is 17.9. The van der Waals surface area contributed by atoms with Crippen LogP contribution in [0.2, 0.25) is 5.02 Å². The van der Waals surface area contributed by atoms with Gasteiger partial charge in [-0.25, -0.2) is 4.79 Å². The van der Waals surface area contributed by atoms with Crippen LogP contribution in [0.15, 0.2) is 66.7 Å². The molecular formula is C24H17ClF3N3O7. The lowest BCUT2D eigenvalue weighted by Crippen LogP contribution is -2.21. The van der Waals surface area contributed by atoms with Crippen molar-refractivity contribution in [2.75, 3.05) is 23.8 Å². The molecule has 3 rings (SSSR count). The standard InChI is InChI=1S/C24H17ClF3N3O7/c25-19-9-6-17(31(35)36)11-20(19)30-22(33)13-38-23(34)14-4-7-18(8-5-14)37-12-21(32)29-16-3-1-2-15(10-16)24(26,27)28/h1-11H,12-13H2,(H,29,32)(H,30,33). The van der Waals surface area contributed by atoms with Crippen molar-refractivity contribution >= 4 is 46.4 Å². The normalized spacial score (nSPS) is 10.8. The molecule has 38 heavy (non-hydrogen) atoms. The van der Waals surface area contributed by atoms with Crippen LogP contribution in [0, 0.1) is 10.1 Å². The highest BCUT2D eigenvalue weighted by Crippen LogP contribution is 2.30. The number of nitro groups is 1. The Kier molecular flexibility index (Phi) is 8.86. The number of non-ortho nitro benzene ring substituents is 1. The zero-order valence-corrected chi connectivity index (χ0v) is 19.8. The lowest BCUT2D eigenvalue weighted by molar-refractivity contribution is -0.384. The topological polar surface area (TPSA) is 137 Å². The van der Waals surface area contributed by atoms with Crippen molar-refractivity contribution in [2.45, 2.75) is 6.18 Å². The summed E-state index contributed by atoms with van der Waals surface area (Å²) in [6, 6.07) is 12.9. The second-order valence-corrected chi connectivity index (χ2v) is 7.89. The number of carbonyl (C=O) groups excluding carboxylic acids is 3. The van der Waals surface area contributed by atoms with Gasteiger partial charge in [-0.05, 0) is 48.5 Å². The first-order valence-corrected chi connectivity index (χ1v) is 10.9. The summed E-state index contributed by atoms with van der Waals surface area (Å²) >= 11 is 5.90. The number of hydrogen-bond donors (Lipinski definition) is 2. The molecule has 3 aromatic rings. The zero-order chi connectivity index (χ0) is 27.9. The number of amides is 2. The van der Waals surface area contributed by atoms with Gasteiger partial charge in [-0.1, -0.05) is 17.7 Å². The van der Waals surface area contributed by atoms with Crippen LogP contribution in [-0.4, -0.2) is 35.9 Å². The van der Waals surface area contributed by atoms with Gasteiger partial charge >= 0.3 is 12.1 Å². The minimum Gasteiger partial charge on any atom is -0.484 e. The van der Waals surface area contributed by atoms with Crippen molar-refractivity contribution in [1.82, 2.24) is 0 Å². The molecule has 0 radical (unpaired) electrons. The van der Waals surface area contributed by atoms with Gasteiger partial charge in [-0.3, -0.25) is 19.7 Å². The van der Waals surface area contributed by atoms with Gasteiger partial charge in [-0.15, -0.1) is 0 Å². The lowest BCUT2D eigenvalue weighted by atomic mass is 10.2. The second-order valence-electron chi connectivity index (χ2n) is 7.49. The van der Waals surface area contributed by atoms with Crippen molar-refractivity contribution in [2.24, 2.45) is 0 Å². The van der Waals surface area contributed by atoms with Crippen LogP contribution in [0.4, 0.5) is 30.2 Å². The van der Waals surface area contributed by atoms with Gasteiger partial charge in [0.05, 0.1) is 26.8 Å². The fourth-order valence-electron chi connectivity index (χ4n) is 2.93. The number of hydrogen-bond acceptors (Lipinski definition) is 7. The highest BCUT2D eigenvalue weighted by atomic mass is 35.5. The summed E-state index contributed by atoms with van der Waals surface area (Å²) in [5, 5.41) is 15.5. The minimum absolute atomic E-state index is 0.0273. The molecule has 0 spiro atoms. The third-order valence-corrected chi connectivity index (χ3v) is 5.03. The summed E-state index contributed by atoms with van der Waals surface area (Å²) in [6.45, 7) is -1.22. The van der Waals surface area contributed by atoms with E-state index in [1.54, 1.807) is 0 Å². The van der Waals surface area contributed by atoms with E-state index in [1.165, 1.54) is 36.4 Å². The lowest BCUT2D eigenvalue weighted by Gasteiger charge is -2.11. The summed E-state index contributed by atoms with van der Waals surface area (Å²) in [4.78, 5) is 46.4. The van der Waals surface area contributed by atoms with Crippen molar-refractivity contribution in [1.29, 1.82) is 0 Å². The quantitative estimate of drug-likeness (QED) is 0.215. The molecule has 0 aliphatic carbocycles. The van der Waals surface area contributed by atoms with Gasteiger partial charge in [0.25, 0.3) is 17.5 Å². The molecule has 10 nitrogen and oxygen atoms in total. The summed E-state index contributed by atoms with van der Waals surface area (Å²) in [6.07, 6.45) is -4.55. The Morgan fingerprint density at radius 3 is 2.26 bits per heavy atom. The Bertz CT molecular complexity index is 1370. The first-order valence-electron chi connectivity index (χ1n) is 10.5. The number of nitrogens with zero attached hydrogens (tertiary/aromatic N) is 1. The molecule has 14 heteroatoms. The number of benzene rings is 3. The Morgan fingerprint density at radius 1 is 0.921 bits per heavy atom. The third kappa shape index (κ3) is 7.93. The van der Waals surface area contributed by atoms with E-state index in [9.17, 15) is 37.7 Å². The fraction of sp³-hybridized carbons (Fsp3) is 0.125. The van der Waals surface area contributed by atoms with Gasteiger partial charge < -0.3 is 20.1 Å². The smallest absolute Gasteiger partial charge is 0.416 e. The molecular weight excluding hydrogens is 535 g/mol. The Balaban J connectivity index is 1.47. The molecule has 0 atom stereocenters. The van der Waals surface area contributed by atoms with Crippen LogP contribution in [0.1, 0.15) is 15.9 Å². The van der Waals surface area contributed by atoms with Gasteiger partial charge in [0, 0.05) is 17.8 Å². The number of ether oxygens (including phenoxy) is 2. The van der Waals surface area contributed by atoms with Crippen molar-refractivity contribution in [3.05, 3.63) is 93.0 Å². The zero-order valence-electron chi connectivity index (χ0n) is 19.1. The number of rotatable bonds is 9. The van der Waals surface area contributed by atoms with Crippen molar-refractivity contribution in [3.8, 4) is 5.75 Å². The van der Waals surface area contributed by atoms with Gasteiger partial charge in [0.2, 0.25) is 0 Å². The van der Waals surface area contributed by atoms with Crippen LogP contribution in [-0.2, 0) is 20.5 Å². The SMILES string of the molecule is O=C(COc1ccc(C(=O)OCC(=O)Nc2cc([N+](=O)[O-])ccc2Cl)cc1)Nc1cccc(C(F)(F)F)c1. The molecule has 0 fully saturated rings. The van der Waals surface area contributed by atoms with Crippen LogP contribution in [0.3, 0.4) is 0 Å². The third-order valence-electron chi connectivity index (χ3n) is 4.70. The Labute approximate surface area is 217 Å². The molecule has 0 aliphatic heterocycles. The van der Waals surface area contributed by atoms with E-state index in [2.05, 4.69) is 10.6 Å². The maximum Gasteiger partial charge on any atom is 0.416 e. The molecule has 0 bridgehead atoms. The van der Waals surface area contributed by atoms with E-state index in [1.807, 2.05) is 0 Å². The molecule has 0 heterocycles. The molecule has 0 saturated carbocycles. The van der Waals surface area contributed by atoms with Gasteiger partial charge in [0.1, 0.15) is 5.75 Å². The second kappa shape index (κ2) is 12.1. The molecule has 2 amide bonds. The van der Waals surface area contributed by atoms with E-state index in [0.717, 1.165) is 30.3 Å². The van der Waals surface area contributed by atoms with Crippen LogP contribution >= 0.6 is 11.6 Å². The van der Waals surface area contributed by atoms with E-state index in [4.69, 9.17) is 21.1 Å². The average Bonchev–Trinajstić information content (AvgIpc) is 2.87. The molecule has 0 saturated heterocycles. The number of carbonyl (C=O) groups is 3. The fourth-order valence-corrected chi connectivity index (χ4v) is 3.09. The van der Waals surface area contributed by atoms with Crippen LogP contribution in [0.25, 0.3) is 0 Å². The average molecular weight is 552 g/mol. The van der Waals surface area contributed by atoms with E-state index in [0.29, 0.717) is 0 Å². The Hall–Kier alpha value is -4.65. The number of nitrogens with one attached hydrogen (secondary N) is 2. The molecule has 2 N–H and O–H groups in total. The summed E-state index contributed by atoms with van der Waals surface area (Å²) in [7, 11) is 0. The van der Waals surface area contributed by atoms with Gasteiger partial charge in [-0.2, -0.15) is 13.2 Å². The molecule has 3 aromatic carbocycles. The maximum atomic E-state index is 12.8. The highest BCUT2D eigenvalue weighted by molar-refractivity contribution is 6.33. The number of nitro benzene ring substituents is 1. The summed E-state index contributed by atoms with van der Waals surface area (Å²) in [5.74, 6) is -2.17. The van der Waals surface area contributed by atoms with Gasteiger partial charge in [0.15, 0.2) is 13.2 Å². The Morgan fingerprint density at radius 2 is 1.61 bits per heavy atom. The predicted molar refractivity (Wildman–Crippen MR) is 129 cm³/mol. The first kappa shape index (κ1) is 27.9. The minimum atomic E-state index is -4.55. The van der Waals surface area contributed by atoms with E-state index in [-0.39, 0.29) is 33.4 Å². The van der Waals surface area contributed by atoms with Crippen LogP contribution in [0.5, 0.6) is 5.75 Å². The summed E-state index contributed by atoms with van der Waals surface area (Å²) in [5.41, 5.74) is -1.24. The van der Waals surface area contributed by atoms with Crippen molar-refractivity contribution in [3.63, 3.8) is 0 Å². The number of alkyl halides is 3. The van der Waals surface area contributed by atoms with Crippen LogP contribution < -0.4 is 15.4 Å². The maximum absolute atomic E-state index is 12.8. The molecule has 0 aliphatic rings. The largest absolute Gasteiger partial charge is 0.484 e. The number of esters is 1. The number of anilines is 2. The van der Waals surface area contributed by atoms with E-state index >= 15 is 0 Å². The predicted octanol–water partition coefficient (Wildman–Crippen LogP) is 5.08.